The average molecular weight is 404 g/mol. The van der Waals surface area contributed by atoms with Crippen LogP contribution in [0, 0.1) is 0 Å². The minimum absolute atomic E-state index is 0.247. The zero-order valence-electron chi connectivity index (χ0n) is 16.8. The minimum atomic E-state index is 0.247. The molecule has 0 saturated heterocycles. The molecule has 31 heavy (non-hydrogen) atoms. The Morgan fingerprint density at radius 1 is 0.677 bits per heavy atom. The fraction of sp³-hybridized carbons (Fsp3) is 0.0769. The average Bonchev–Trinajstić information content (AvgIpc) is 3.53. The minimum Gasteiger partial charge on any atom is -0.508 e. The zero-order valence-corrected chi connectivity index (χ0v) is 16.8. The Hall–Kier alpha value is -4.12. The zero-order chi connectivity index (χ0) is 20.8. The van der Waals surface area contributed by atoms with Gasteiger partial charge in [-0.1, -0.05) is 12.1 Å². The van der Waals surface area contributed by atoms with Gasteiger partial charge in [-0.05, 0) is 85.2 Å². The van der Waals surface area contributed by atoms with Crippen LogP contribution in [0.4, 0.5) is 0 Å². The summed E-state index contributed by atoms with van der Waals surface area (Å²) in [5.74, 6) is 0.247. The molecule has 5 heteroatoms. The maximum absolute atomic E-state index is 9.98. The molecule has 0 unspecified atom stereocenters. The number of aromatic amines is 2. The summed E-state index contributed by atoms with van der Waals surface area (Å²) in [6, 6.07) is 21.9. The van der Waals surface area contributed by atoms with Gasteiger partial charge in [-0.15, -0.1) is 0 Å². The van der Waals surface area contributed by atoms with E-state index in [4.69, 9.17) is 9.97 Å². The highest BCUT2D eigenvalue weighted by molar-refractivity contribution is 5.87. The van der Waals surface area contributed by atoms with Gasteiger partial charge in [0.25, 0.3) is 0 Å². The van der Waals surface area contributed by atoms with E-state index < -0.39 is 0 Å². The molecule has 2 aliphatic rings. The lowest BCUT2D eigenvalue weighted by atomic mass is 10.1. The summed E-state index contributed by atoms with van der Waals surface area (Å²) in [6.07, 6.45) is 5.87. The standard InChI is InChI=1S/C26H20N4O/c31-24-3-1-2-16(10-24)25-14-23-13-21-7-6-19(28-21)11-17-4-5-18(27-17)12-20-8-9-22(29-20)15-26(25)30-23/h1-5,8-15,27,30-31H,6-7H2. The summed E-state index contributed by atoms with van der Waals surface area (Å²) in [4.78, 5) is 16.5. The van der Waals surface area contributed by atoms with Crippen molar-refractivity contribution in [3.8, 4) is 16.9 Å². The van der Waals surface area contributed by atoms with Crippen LogP contribution in [0.1, 0.15) is 22.8 Å². The number of phenolic OH excluding ortho intramolecular Hbond substituents is 1. The van der Waals surface area contributed by atoms with E-state index in [2.05, 4.69) is 40.3 Å². The van der Waals surface area contributed by atoms with Crippen LogP contribution in [0.5, 0.6) is 5.75 Å². The molecule has 0 amide bonds. The van der Waals surface area contributed by atoms with Gasteiger partial charge in [-0.2, -0.15) is 0 Å². The molecule has 2 aliphatic heterocycles. The van der Waals surface area contributed by atoms with E-state index in [0.717, 1.165) is 68.8 Å². The van der Waals surface area contributed by atoms with Crippen molar-refractivity contribution in [2.75, 3.05) is 0 Å². The molecule has 8 bridgehead atoms. The number of aryl methyl sites for hydroxylation is 2. The lowest BCUT2D eigenvalue weighted by molar-refractivity contribution is 0.475. The molecule has 3 N–H and O–H groups in total. The van der Waals surface area contributed by atoms with Crippen molar-refractivity contribution in [3.05, 3.63) is 89.5 Å². The van der Waals surface area contributed by atoms with Crippen molar-refractivity contribution < 1.29 is 5.11 Å². The van der Waals surface area contributed by atoms with Gasteiger partial charge in [-0.3, -0.25) is 4.98 Å². The molecule has 0 atom stereocenters. The first-order chi connectivity index (χ1) is 15.2. The molecule has 5 nitrogen and oxygen atoms in total. The number of aromatic nitrogens is 4. The van der Waals surface area contributed by atoms with Crippen LogP contribution in [0.3, 0.4) is 0 Å². The molecular weight excluding hydrogens is 384 g/mol. The van der Waals surface area contributed by atoms with Crippen LogP contribution < -0.4 is 0 Å². The fourth-order valence-corrected chi connectivity index (χ4v) is 4.18. The smallest absolute Gasteiger partial charge is 0.116 e. The number of nitrogens with one attached hydrogen (secondary N) is 2. The van der Waals surface area contributed by atoms with Crippen molar-refractivity contribution in [1.29, 1.82) is 0 Å². The lowest BCUT2D eigenvalue weighted by Gasteiger charge is -1.99. The summed E-state index contributed by atoms with van der Waals surface area (Å²) >= 11 is 0. The highest BCUT2D eigenvalue weighted by atomic mass is 16.3. The number of hydrogen-bond acceptors (Lipinski definition) is 3. The van der Waals surface area contributed by atoms with Gasteiger partial charge >= 0.3 is 0 Å². The number of nitrogens with zero attached hydrogens (tertiary/aromatic N) is 2. The van der Waals surface area contributed by atoms with Gasteiger partial charge in [0.1, 0.15) is 5.75 Å². The van der Waals surface area contributed by atoms with Gasteiger partial charge in [0.2, 0.25) is 0 Å². The summed E-state index contributed by atoms with van der Waals surface area (Å²) in [7, 11) is 0. The van der Waals surface area contributed by atoms with E-state index in [1.54, 1.807) is 12.1 Å². The Labute approximate surface area is 178 Å². The van der Waals surface area contributed by atoms with Crippen molar-refractivity contribution in [1.82, 2.24) is 19.9 Å². The first-order valence-electron chi connectivity index (χ1n) is 10.4. The van der Waals surface area contributed by atoms with E-state index in [9.17, 15) is 5.11 Å². The number of H-pyrrole nitrogens is 2. The normalized spacial score (nSPS) is 12.9. The molecule has 4 aromatic rings. The van der Waals surface area contributed by atoms with Crippen LogP contribution in [0.15, 0.2) is 66.7 Å². The highest BCUT2D eigenvalue weighted by Crippen LogP contribution is 2.29. The van der Waals surface area contributed by atoms with Crippen LogP contribution in [-0.2, 0) is 12.8 Å². The monoisotopic (exact) mass is 404 g/mol. The first kappa shape index (κ1) is 17.7. The topological polar surface area (TPSA) is 77.6 Å². The van der Waals surface area contributed by atoms with Crippen LogP contribution in [-0.4, -0.2) is 25.0 Å². The Morgan fingerprint density at radius 3 is 2.23 bits per heavy atom. The van der Waals surface area contributed by atoms with Crippen molar-refractivity contribution >= 4 is 34.2 Å². The Bertz CT molecular complexity index is 1510. The maximum Gasteiger partial charge on any atom is 0.116 e. The fourth-order valence-electron chi connectivity index (χ4n) is 4.18. The highest BCUT2D eigenvalue weighted by Gasteiger charge is 2.09. The van der Waals surface area contributed by atoms with Gasteiger partial charge in [0, 0.05) is 39.0 Å². The van der Waals surface area contributed by atoms with E-state index in [-0.39, 0.29) is 5.75 Å². The predicted molar refractivity (Wildman–Crippen MR) is 124 cm³/mol. The van der Waals surface area contributed by atoms with E-state index in [1.807, 2.05) is 36.4 Å². The Kier molecular flexibility index (Phi) is 3.99. The number of aromatic hydroxyl groups is 1. The number of phenols is 1. The molecular formula is C26H20N4O. The number of rotatable bonds is 1. The second-order valence-corrected chi connectivity index (χ2v) is 7.94. The largest absolute Gasteiger partial charge is 0.508 e. The summed E-state index contributed by atoms with van der Waals surface area (Å²) in [5, 5.41) is 9.98. The molecule has 0 spiro atoms. The molecule has 0 fully saturated rings. The summed E-state index contributed by atoms with van der Waals surface area (Å²) in [5.41, 5.74) is 9.87. The molecule has 1 aromatic carbocycles. The lowest BCUT2D eigenvalue weighted by Crippen LogP contribution is -1.77. The van der Waals surface area contributed by atoms with Crippen LogP contribution in [0.2, 0.25) is 0 Å². The molecule has 150 valence electrons. The predicted octanol–water partition coefficient (Wildman–Crippen LogP) is 5.64. The van der Waals surface area contributed by atoms with E-state index >= 15 is 0 Å². The Morgan fingerprint density at radius 2 is 1.42 bits per heavy atom. The van der Waals surface area contributed by atoms with Gasteiger partial charge < -0.3 is 15.1 Å². The quantitative estimate of drug-likeness (QED) is 0.338. The molecule has 3 aromatic heterocycles. The molecule has 0 aliphatic carbocycles. The van der Waals surface area contributed by atoms with Gasteiger partial charge in [-0.25, -0.2) is 4.98 Å². The third-order valence-corrected chi connectivity index (χ3v) is 5.60. The summed E-state index contributed by atoms with van der Waals surface area (Å²) in [6.45, 7) is 0. The molecule has 5 heterocycles. The summed E-state index contributed by atoms with van der Waals surface area (Å²) < 4.78 is 0. The van der Waals surface area contributed by atoms with Crippen molar-refractivity contribution in [2.45, 2.75) is 12.8 Å². The van der Waals surface area contributed by atoms with Crippen LogP contribution >= 0.6 is 0 Å². The van der Waals surface area contributed by atoms with Gasteiger partial charge in [0.15, 0.2) is 0 Å². The molecule has 0 radical (unpaired) electrons. The third-order valence-electron chi connectivity index (χ3n) is 5.60. The number of benzene rings is 1. The second-order valence-electron chi connectivity index (χ2n) is 7.94. The second kappa shape index (κ2) is 6.99. The van der Waals surface area contributed by atoms with Crippen molar-refractivity contribution in [3.63, 3.8) is 0 Å². The van der Waals surface area contributed by atoms with Gasteiger partial charge in [0.05, 0.1) is 11.4 Å². The van der Waals surface area contributed by atoms with Crippen molar-refractivity contribution in [2.24, 2.45) is 0 Å². The molecule has 6 rings (SSSR count). The third kappa shape index (κ3) is 3.51. The Balaban J connectivity index is 1.67. The number of hydrogen-bond donors (Lipinski definition) is 3. The maximum atomic E-state index is 9.98. The SMILES string of the molecule is Oc1cccc(-c2cc3cc4nc(cc5ccc(cc6nc(cc2[nH]3)C=C6)[nH]5)CC4)c1. The first-order valence-corrected chi connectivity index (χ1v) is 10.4. The van der Waals surface area contributed by atoms with E-state index in [0.29, 0.717) is 0 Å². The molecule has 0 saturated carbocycles. The number of fused-ring (bicyclic) bond motifs is 8. The van der Waals surface area contributed by atoms with Crippen LogP contribution in [0.25, 0.3) is 45.3 Å². The van der Waals surface area contributed by atoms with E-state index in [1.165, 1.54) is 0 Å².